The van der Waals surface area contributed by atoms with E-state index in [1.165, 1.54) is 11.1 Å². The molecule has 0 saturated heterocycles. The van der Waals surface area contributed by atoms with Crippen LogP contribution in [0.1, 0.15) is 48.4 Å². The number of ether oxygens (including phenoxy) is 1. The Labute approximate surface area is 161 Å². The summed E-state index contributed by atoms with van der Waals surface area (Å²) in [6, 6.07) is 16.4. The smallest absolute Gasteiger partial charge is 0.317 e. The lowest BCUT2D eigenvalue weighted by atomic mass is 9.73. The molecule has 140 valence electrons. The van der Waals surface area contributed by atoms with Crippen molar-refractivity contribution in [3.8, 4) is 0 Å². The molecule has 2 aromatic rings. The molecule has 0 bridgehead atoms. The van der Waals surface area contributed by atoms with E-state index in [9.17, 15) is 9.59 Å². The van der Waals surface area contributed by atoms with Crippen LogP contribution in [0, 0.1) is 12.8 Å². The van der Waals surface area contributed by atoms with Crippen LogP contribution in [0.15, 0.2) is 54.6 Å². The number of ketones is 1. The summed E-state index contributed by atoms with van der Waals surface area (Å²) in [5, 5.41) is 0. The van der Waals surface area contributed by atoms with Crippen LogP contribution in [0.25, 0.3) is 5.57 Å². The number of aryl methyl sites for hydroxylation is 2. The molecule has 0 radical (unpaired) electrons. The monoisotopic (exact) mass is 362 g/mol. The Morgan fingerprint density at radius 2 is 1.70 bits per heavy atom. The molecule has 2 aromatic carbocycles. The molecule has 0 amide bonds. The molecule has 3 heteroatoms. The first kappa shape index (κ1) is 19.1. The maximum Gasteiger partial charge on any atom is 0.317 e. The van der Waals surface area contributed by atoms with Gasteiger partial charge in [0.15, 0.2) is 5.78 Å². The van der Waals surface area contributed by atoms with Gasteiger partial charge in [0.2, 0.25) is 0 Å². The first-order valence-corrected chi connectivity index (χ1v) is 9.60. The summed E-state index contributed by atoms with van der Waals surface area (Å²) in [5.41, 5.74) is 5.44. The van der Waals surface area contributed by atoms with Crippen LogP contribution >= 0.6 is 0 Å². The first-order valence-electron chi connectivity index (χ1n) is 9.60. The second-order valence-corrected chi connectivity index (χ2v) is 7.07. The predicted molar refractivity (Wildman–Crippen MR) is 107 cm³/mol. The van der Waals surface area contributed by atoms with Gasteiger partial charge in [-0.1, -0.05) is 61.0 Å². The van der Waals surface area contributed by atoms with Crippen molar-refractivity contribution in [2.75, 3.05) is 6.61 Å². The molecular formula is C24H26O3. The molecule has 0 N–H and O–H groups in total. The van der Waals surface area contributed by atoms with Gasteiger partial charge in [0, 0.05) is 5.92 Å². The highest BCUT2D eigenvalue weighted by molar-refractivity contribution is 6.10. The minimum atomic E-state index is -0.772. The van der Waals surface area contributed by atoms with E-state index >= 15 is 0 Å². The van der Waals surface area contributed by atoms with Crippen molar-refractivity contribution in [2.45, 2.75) is 39.5 Å². The number of esters is 1. The zero-order chi connectivity index (χ0) is 19.4. The van der Waals surface area contributed by atoms with Crippen LogP contribution in [-0.2, 0) is 20.7 Å². The third-order valence-corrected chi connectivity index (χ3v) is 5.24. The predicted octanol–water partition coefficient (Wildman–Crippen LogP) is 4.88. The van der Waals surface area contributed by atoms with Gasteiger partial charge in [0.1, 0.15) is 5.92 Å². The normalized spacial score (nSPS) is 19.5. The maximum absolute atomic E-state index is 12.9. The largest absolute Gasteiger partial charge is 0.465 e. The Morgan fingerprint density at radius 3 is 2.30 bits per heavy atom. The van der Waals surface area contributed by atoms with Gasteiger partial charge in [0.05, 0.1) is 6.61 Å². The second-order valence-electron chi connectivity index (χ2n) is 7.07. The molecule has 0 aliphatic heterocycles. The average Bonchev–Trinajstić information content (AvgIpc) is 2.68. The molecule has 0 fully saturated rings. The highest BCUT2D eigenvalue weighted by Crippen LogP contribution is 2.40. The summed E-state index contributed by atoms with van der Waals surface area (Å²) in [6.45, 7) is 6.19. The van der Waals surface area contributed by atoms with Crippen molar-refractivity contribution in [1.82, 2.24) is 0 Å². The molecule has 3 nitrogen and oxygen atoms in total. The van der Waals surface area contributed by atoms with E-state index < -0.39 is 11.9 Å². The lowest BCUT2D eigenvalue weighted by Crippen LogP contribution is -2.34. The van der Waals surface area contributed by atoms with Gasteiger partial charge in [-0.2, -0.15) is 0 Å². The SMILES string of the molecule is CCOC(=O)C1C(=O)C=C(c2ccc(C)cc2)CC1c1ccc(CC)cc1. The topological polar surface area (TPSA) is 43.4 Å². The second kappa shape index (κ2) is 8.34. The number of carbonyl (C=O) groups excluding carboxylic acids is 2. The quantitative estimate of drug-likeness (QED) is 0.562. The van der Waals surface area contributed by atoms with E-state index in [-0.39, 0.29) is 18.3 Å². The third-order valence-electron chi connectivity index (χ3n) is 5.24. The van der Waals surface area contributed by atoms with Crippen LogP contribution in [-0.4, -0.2) is 18.4 Å². The summed E-state index contributed by atoms with van der Waals surface area (Å²) < 4.78 is 5.22. The molecule has 0 heterocycles. The summed E-state index contributed by atoms with van der Waals surface area (Å²) in [5.74, 6) is -1.57. The molecule has 1 aliphatic carbocycles. The van der Waals surface area contributed by atoms with Crippen LogP contribution in [0.2, 0.25) is 0 Å². The minimum absolute atomic E-state index is 0.167. The van der Waals surface area contributed by atoms with Crippen LogP contribution in [0.4, 0.5) is 0 Å². The number of benzene rings is 2. The number of hydrogen-bond donors (Lipinski definition) is 0. The van der Waals surface area contributed by atoms with Gasteiger partial charge < -0.3 is 4.74 Å². The molecule has 0 aromatic heterocycles. The standard InChI is InChI=1S/C24H26O3/c1-4-17-8-12-19(13-9-17)21-14-20(18-10-6-16(3)7-11-18)15-22(25)23(21)24(26)27-5-2/h6-13,15,21,23H,4-5,14H2,1-3H3. The Hall–Kier alpha value is -2.68. The van der Waals surface area contributed by atoms with Gasteiger partial charge in [-0.3, -0.25) is 9.59 Å². The van der Waals surface area contributed by atoms with Gasteiger partial charge in [-0.25, -0.2) is 0 Å². The molecule has 1 aliphatic rings. The molecular weight excluding hydrogens is 336 g/mol. The maximum atomic E-state index is 12.9. The van der Waals surface area contributed by atoms with Crippen molar-refractivity contribution in [3.05, 3.63) is 76.9 Å². The fraction of sp³-hybridized carbons (Fsp3) is 0.333. The van der Waals surface area contributed by atoms with Crippen LogP contribution in [0.3, 0.4) is 0 Å². The summed E-state index contributed by atoms with van der Waals surface area (Å²) in [4.78, 5) is 25.4. The van der Waals surface area contributed by atoms with E-state index in [0.29, 0.717) is 6.42 Å². The van der Waals surface area contributed by atoms with Gasteiger partial charge in [-0.05, 0) is 55.0 Å². The highest BCUT2D eigenvalue weighted by Gasteiger charge is 2.39. The number of carbonyl (C=O) groups is 2. The number of hydrogen-bond acceptors (Lipinski definition) is 3. The third kappa shape index (κ3) is 4.19. The molecule has 2 atom stereocenters. The van der Waals surface area contributed by atoms with Gasteiger partial charge in [0.25, 0.3) is 0 Å². The Kier molecular flexibility index (Phi) is 5.90. The minimum Gasteiger partial charge on any atom is -0.465 e. The van der Waals surface area contributed by atoms with E-state index in [4.69, 9.17) is 4.74 Å². The summed E-state index contributed by atoms with van der Waals surface area (Å²) >= 11 is 0. The lowest BCUT2D eigenvalue weighted by molar-refractivity contribution is -0.151. The molecule has 2 unspecified atom stereocenters. The fourth-order valence-corrected chi connectivity index (χ4v) is 3.67. The van der Waals surface area contributed by atoms with E-state index in [1.807, 2.05) is 43.3 Å². The first-order chi connectivity index (χ1) is 13.0. The van der Waals surface area contributed by atoms with Gasteiger partial charge >= 0.3 is 5.97 Å². The van der Waals surface area contributed by atoms with E-state index in [1.54, 1.807) is 13.0 Å². The van der Waals surface area contributed by atoms with Crippen LogP contribution in [0.5, 0.6) is 0 Å². The van der Waals surface area contributed by atoms with Crippen molar-refractivity contribution < 1.29 is 14.3 Å². The zero-order valence-corrected chi connectivity index (χ0v) is 16.2. The number of rotatable bonds is 5. The highest BCUT2D eigenvalue weighted by atomic mass is 16.5. The molecule has 0 saturated carbocycles. The van der Waals surface area contributed by atoms with E-state index in [0.717, 1.165) is 23.1 Å². The van der Waals surface area contributed by atoms with E-state index in [2.05, 4.69) is 19.1 Å². The van der Waals surface area contributed by atoms with Crippen LogP contribution < -0.4 is 0 Å². The van der Waals surface area contributed by atoms with Crippen molar-refractivity contribution in [2.24, 2.45) is 5.92 Å². The summed E-state index contributed by atoms with van der Waals surface area (Å²) in [7, 11) is 0. The Morgan fingerprint density at radius 1 is 1.04 bits per heavy atom. The fourth-order valence-electron chi connectivity index (χ4n) is 3.67. The summed E-state index contributed by atoms with van der Waals surface area (Å²) in [6.07, 6.45) is 3.23. The van der Waals surface area contributed by atoms with Crippen molar-refractivity contribution in [1.29, 1.82) is 0 Å². The zero-order valence-electron chi connectivity index (χ0n) is 16.2. The van der Waals surface area contributed by atoms with Gasteiger partial charge in [-0.15, -0.1) is 0 Å². The molecule has 0 spiro atoms. The number of allylic oxidation sites excluding steroid dienone is 2. The Balaban J connectivity index is 1.99. The lowest BCUT2D eigenvalue weighted by Gasteiger charge is -2.29. The van der Waals surface area contributed by atoms with Crippen molar-refractivity contribution >= 4 is 17.3 Å². The molecule has 3 rings (SSSR count). The Bertz CT molecular complexity index is 844. The van der Waals surface area contributed by atoms with Crippen molar-refractivity contribution in [3.63, 3.8) is 0 Å². The average molecular weight is 362 g/mol. The molecule has 27 heavy (non-hydrogen) atoms.